The lowest BCUT2D eigenvalue weighted by Crippen LogP contribution is -2.21. The second-order valence-corrected chi connectivity index (χ2v) is 5.78. The molecule has 0 aliphatic heterocycles. The number of nitrogen functional groups attached to an aromatic ring is 1. The van der Waals surface area contributed by atoms with Gasteiger partial charge >= 0.3 is 18.1 Å². The maximum Gasteiger partial charge on any atom is 0.490 e. The van der Waals surface area contributed by atoms with Crippen molar-refractivity contribution in [3.8, 4) is 28.7 Å². The Kier molecular flexibility index (Phi) is 6.99. The largest absolute Gasteiger partial charge is 0.490 e. The fourth-order valence-corrected chi connectivity index (χ4v) is 2.35. The van der Waals surface area contributed by atoms with Gasteiger partial charge in [-0.2, -0.15) is 18.4 Å². The highest BCUT2D eigenvalue weighted by Gasteiger charge is 2.38. The lowest BCUT2D eigenvalue weighted by molar-refractivity contribution is -0.192. The van der Waals surface area contributed by atoms with Gasteiger partial charge in [-0.25, -0.2) is 14.6 Å². The molecular weight excluding hydrogens is 419 g/mol. The maximum atomic E-state index is 11.5. The first-order valence-corrected chi connectivity index (χ1v) is 8.31. The van der Waals surface area contributed by atoms with Gasteiger partial charge in [-0.05, 0) is 30.3 Å². The van der Waals surface area contributed by atoms with Crippen LogP contribution in [0.2, 0.25) is 0 Å². The van der Waals surface area contributed by atoms with Crippen molar-refractivity contribution >= 4 is 17.8 Å². The average molecular weight is 433 g/mol. The highest BCUT2D eigenvalue weighted by molar-refractivity contribution is 5.90. The number of carbonyl (C=O) groups excluding carboxylic acids is 1. The smallest absolute Gasteiger partial charge is 0.475 e. The fraction of sp³-hybridized carbons (Fsp3) is 0.100. The molecule has 0 atom stereocenters. The van der Waals surface area contributed by atoms with Crippen LogP contribution in [0.15, 0.2) is 53.1 Å². The summed E-state index contributed by atoms with van der Waals surface area (Å²) in [5.74, 6) is -2.51. The van der Waals surface area contributed by atoms with Gasteiger partial charge in [0.25, 0.3) is 0 Å². The number of alkyl halides is 3. The normalized spacial score (nSPS) is 10.4. The lowest BCUT2D eigenvalue weighted by atomic mass is 10.0. The van der Waals surface area contributed by atoms with Gasteiger partial charge in [0.2, 0.25) is 0 Å². The number of nitrogens with zero attached hydrogens (tertiary/aromatic N) is 2. The Labute approximate surface area is 173 Å². The van der Waals surface area contributed by atoms with E-state index in [1.165, 1.54) is 13.4 Å². The number of methoxy groups -OCH3 is 1. The van der Waals surface area contributed by atoms with Crippen LogP contribution in [0.3, 0.4) is 0 Å². The van der Waals surface area contributed by atoms with E-state index in [2.05, 4.69) is 15.8 Å². The predicted octanol–water partition coefficient (Wildman–Crippen LogP) is 3.88. The third kappa shape index (κ3) is 5.60. The number of nitriles is 1. The molecule has 31 heavy (non-hydrogen) atoms. The Morgan fingerprint density at radius 2 is 1.84 bits per heavy atom. The van der Waals surface area contributed by atoms with Gasteiger partial charge in [0.15, 0.2) is 0 Å². The minimum Gasteiger partial charge on any atom is -0.475 e. The summed E-state index contributed by atoms with van der Waals surface area (Å²) in [5, 5.41) is 16.4. The number of aliphatic carboxylic acids is 1. The van der Waals surface area contributed by atoms with E-state index >= 15 is 0 Å². The molecule has 0 radical (unpaired) electrons. The second kappa shape index (κ2) is 9.45. The zero-order chi connectivity index (χ0) is 23.2. The van der Waals surface area contributed by atoms with E-state index in [9.17, 15) is 23.2 Å². The summed E-state index contributed by atoms with van der Waals surface area (Å²) in [4.78, 5) is 24.7. The number of rotatable bonds is 3. The van der Waals surface area contributed by atoms with Gasteiger partial charge in [0.1, 0.15) is 23.2 Å². The van der Waals surface area contributed by atoms with Crippen LogP contribution in [0.1, 0.15) is 15.9 Å². The number of ether oxygens (including phenoxy) is 1. The number of hydrogen-bond donors (Lipinski definition) is 2. The molecule has 3 rings (SSSR count). The number of carboxylic acids is 1. The van der Waals surface area contributed by atoms with Gasteiger partial charge in [0.05, 0.1) is 24.6 Å². The first-order chi connectivity index (χ1) is 14.6. The zero-order valence-corrected chi connectivity index (χ0v) is 15.8. The van der Waals surface area contributed by atoms with Gasteiger partial charge in [-0.3, -0.25) is 0 Å². The molecule has 2 heterocycles. The molecule has 0 amide bonds. The molecule has 160 valence electrons. The van der Waals surface area contributed by atoms with Crippen LogP contribution < -0.4 is 5.73 Å². The first kappa shape index (κ1) is 23.0. The maximum absolute atomic E-state index is 11.5. The first-order valence-electron chi connectivity index (χ1n) is 8.31. The number of anilines is 1. The minimum absolute atomic E-state index is 0.124. The van der Waals surface area contributed by atoms with Crippen molar-refractivity contribution in [3.05, 3.63) is 59.9 Å². The molecule has 0 aliphatic carbocycles. The van der Waals surface area contributed by atoms with Crippen LogP contribution in [0, 0.1) is 11.3 Å². The molecule has 0 spiro atoms. The highest BCUT2D eigenvalue weighted by Crippen LogP contribution is 2.31. The number of hydrogen-bond acceptors (Lipinski definition) is 7. The van der Waals surface area contributed by atoms with Crippen LogP contribution in [0.4, 0.5) is 19.0 Å². The lowest BCUT2D eigenvalue weighted by Gasteiger charge is -2.08. The molecular formula is C20H14F3N3O5. The van der Waals surface area contributed by atoms with E-state index in [1.807, 2.05) is 0 Å². The summed E-state index contributed by atoms with van der Waals surface area (Å²) in [6, 6.07) is 14.0. The molecule has 0 saturated heterocycles. The number of aromatic nitrogens is 1. The van der Waals surface area contributed by atoms with E-state index in [-0.39, 0.29) is 11.4 Å². The number of furan rings is 1. The van der Waals surface area contributed by atoms with Crippen molar-refractivity contribution in [2.45, 2.75) is 6.18 Å². The molecule has 3 N–H and O–H groups in total. The van der Waals surface area contributed by atoms with Crippen LogP contribution in [-0.4, -0.2) is 35.3 Å². The third-order valence-electron chi connectivity index (χ3n) is 3.79. The van der Waals surface area contributed by atoms with E-state index < -0.39 is 18.1 Å². The summed E-state index contributed by atoms with van der Waals surface area (Å²) >= 11 is 0. The fourth-order valence-electron chi connectivity index (χ4n) is 2.35. The minimum atomic E-state index is -5.08. The molecule has 0 unspecified atom stereocenters. The summed E-state index contributed by atoms with van der Waals surface area (Å²) in [6.07, 6.45) is -3.56. The number of carboxylic acid groups (broad SMARTS) is 1. The highest BCUT2D eigenvalue weighted by atomic mass is 19.4. The molecule has 3 aromatic rings. The number of carbonyl (C=O) groups is 2. The Bertz CT molecular complexity index is 1120. The van der Waals surface area contributed by atoms with Gasteiger partial charge in [0, 0.05) is 11.1 Å². The van der Waals surface area contributed by atoms with Crippen molar-refractivity contribution in [1.82, 2.24) is 4.98 Å². The molecule has 11 heteroatoms. The summed E-state index contributed by atoms with van der Waals surface area (Å²) in [5.41, 5.74) is 8.53. The number of halogens is 3. The second-order valence-electron chi connectivity index (χ2n) is 5.78. The molecule has 2 aromatic heterocycles. The van der Waals surface area contributed by atoms with Crippen LogP contribution in [0.25, 0.3) is 22.6 Å². The van der Waals surface area contributed by atoms with Crippen molar-refractivity contribution in [2.75, 3.05) is 12.8 Å². The Balaban J connectivity index is 0.000000423. The molecule has 0 fully saturated rings. The summed E-state index contributed by atoms with van der Waals surface area (Å²) < 4.78 is 41.8. The van der Waals surface area contributed by atoms with E-state index in [0.717, 1.165) is 5.56 Å². The zero-order valence-electron chi connectivity index (χ0n) is 15.8. The van der Waals surface area contributed by atoms with Crippen molar-refractivity contribution < 1.29 is 37.0 Å². The molecule has 0 saturated carbocycles. The van der Waals surface area contributed by atoms with E-state index in [4.69, 9.17) is 20.1 Å². The monoisotopic (exact) mass is 433 g/mol. The Morgan fingerprint density at radius 1 is 1.23 bits per heavy atom. The van der Waals surface area contributed by atoms with E-state index in [0.29, 0.717) is 22.6 Å². The average Bonchev–Trinajstić information content (AvgIpc) is 3.27. The summed E-state index contributed by atoms with van der Waals surface area (Å²) in [6.45, 7) is 0. The van der Waals surface area contributed by atoms with E-state index in [1.54, 1.807) is 42.5 Å². The summed E-state index contributed by atoms with van der Waals surface area (Å²) in [7, 11) is 1.33. The van der Waals surface area contributed by atoms with Gasteiger partial charge in [-0.1, -0.05) is 12.1 Å². The van der Waals surface area contributed by atoms with Crippen LogP contribution in [-0.2, 0) is 9.53 Å². The van der Waals surface area contributed by atoms with Gasteiger partial charge < -0.3 is 20.0 Å². The molecule has 0 bridgehead atoms. The standard InChI is InChI=1S/C18H13N3O3.C2HF3O2/c1-23-18(22)12-6-4-11(5-7-12)15-9-13(16-3-2-8-24-16)14(10-19)17(20)21-15;3-2(4,5)1(6)7/h2-9H,1H3,(H2,20,21);(H,6,7). The van der Waals surface area contributed by atoms with Crippen LogP contribution in [0.5, 0.6) is 0 Å². The molecule has 1 aromatic carbocycles. The number of esters is 1. The van der Waals surface area contributed by atoms with Crippen molar-refractivity contribution in [1.29, 1.82) is 5.26 Å². The van der Waals surface area contributed by atoms with Crippen molar-refractivity contribution in [2.24, 2.45) is 0 Å². The van der Waals surface area contributed by atoms with Crippen molar-refractivity contribution in [3.63, 3.8) is 0 Å². The molecule has 8 nitrogen and oxygen atoms in total. The number of benzene rings is 1. The topological polar surface area (TPSA) is 139 Å². The third-order valence-corrected chi connectivity index (χ3v) is 3.79. The van der Waals surface area contributed by atoms with Crippen LogP contribution >= 0.6 is 0 Å². The quantitative estimate of drug-likeness (QED) is 0.593. The Hall–Kier alpha value is -4.33. The van der Waals surface area contributed by atoms with Gasteiger partial charge in [-0.15, -0.1) is 0 Å². The number of pyridine rings is 1. The molecule has 0 aliphatic rings. The predicted molar refractivity (Wildman–Crippen MR) is 102 cm³/mol. The number of nitrogens with two attached hydrogens (primary N) is 1. The Morgan fingerprint density at radius 3 is 2.29 bits per heavy atom. The SMILES string of the molecule is COC(=O)c1ccc(-c2cc(-c3ccco3)c(C#N)c(N)n2)cc1.O=C(O)C(F)(F)F.